The predicted octanol–water partition coefficient (Wildman–Crippen LogP) is 2.49. The molecular weight excluding hydrogens is 356 g/mol. The zero-order chi connectivity index (χ0) is 15.8. The summed E-state index contributed by atoms with van der Waals surface area (Å²) in [5, 5.41) is 5.76. The van der Waals surface area contributed by atoms with Crippen LogP contribution in [-0.4, -0.2) is 37.4 Å². The number of rotatable bonds is 6. The molecule has 0 aliphatic rings. The number of carbonyl (C=O) groups excluding carboxylic acids is 1. The number of ether oxygens (including phenoxy) is 2. The van der Waals surface area contributed by atoms with E-state index < -0.39 is 0 Å². The van der Waals surface area contributed by atoms with E-state index in [1.807, 2.05) is 19.9 Å². The highest BCUT2D eigenvalue weighted by Gasteiger charge is 2.15. The van der Waals surface area contributed by atoms with Crippen molar-refractivity contribution in [2.75, 3.05) is 20.3 Å². The molecule has 1 aromatic carbocycles. The van der Waals surface area contributed by atoms with Crippen LogP contribution >= 0.6 is 28.1 Å². The molecule has 1 amide bonds. The molecule has 0 unspecified atom stereocenters. The third-order valence-electron chi connectivity index (χ3n) is 2.37. The minimum absolute atomic E-state index is 0.0236. The molecule has 2 N–H and O–H groups in total. The minimum atomic E-state index is -0.318. The third-order valence-corrected chi connectivity index (χ3v) is 3.11. The van der Waals surface area contributed by atoms with E-state index in [0.29, 0.717) is 24.5 Å². The summed E-state index contributed by atoms with van der Waals surface area (Å²) in [6, 6.07) is 5.27. The Morgan fingerprint density at radius 1 is 1.43 bits per heavy atom. The number of thiocarbonyl (C=S) groups is 1. The minimum Gasteiger partial charge on any atom is -0.490 e. The van der Waals surface area contributed by atoms with Gasteiger partial charge in [0.2, 0.25) is 0 Å². The van der Waals surface area contributed by atoms with Crippen LogP contribution in [0.4, 0.5) is 0 Å². The van der Waals surface area contributed by atoms with E-state index in [0.717, 1.165) is 4.47 Å². The van der Waals surface area contributed by atoms with E-state index in [4.69, 9.17) is 21.7 Å². The fraction of sp³-hybridized carbons (Fsp3) is 0.429. The average molecular weight is 375 g/mol. The van der Waals surface area contributed by atoms with Gasteiger partial charge in [0, 0.05) is 18.1 Å². The van der Waals surface area contributed by atoms with Gasteiger partial charge in [-0.3, -0.25) is 10.1 Å². The van der Waals surface area contributed by atoms with Crippen LogP contribution in [0, 0.1) is 0 Å². The van der Waals surface area contributed by atoms with Gasteiger partial charge >= 0.3 is 0 Å². The first-order valence-electron chi connectivity index (χ1n) is 6.48. The topological polar surface area (TPSA) is 59.6 Å². The standard InChI is InChI=1S/C14H19BrN2O3S/c1-9(2)20-12-5-4-10(15)8-11(12)13(18)17-14(21)16-6-7-19-3/h4-5,8-9H,6-7H2,1-3H3,(H2,16,17,18,21). The number of nitrogens with one attached hydrogen (secondary N) is 2. The van der Waals surface area contributed by atoms with Crippen LogP contribution in [0.15, 0.2) is 22.7 Å². The van der Waals surface area contributed by atoms with Gasteiger partial charge in [-0.25, -0.2) is 0 Å². The van der Waals surface area contributed by atoms with Crippen LogP contribution in [0.25, 0.3) is 0 Å². The van der Waals surface area contributed by atoms with Gasteiger partial charge in [-0.15, -0.1) is 0 Å². The number of hydrogen-bond acceptors (Lipinski definition) is 4. The first-order valence-corrected chi connectivity index (χ1v) is 7.68. The molecule has 1 aromatic rings. The van der Waals surface area contributed by atoms with E-state index in [2.05, 4.69) is 26.6 Å². The van der Waals surface area contributed by atoms with Crippen molar-refractivity contribution in [1.82, 2.24) is 10.6 Å². The highest BCUT2D eigenvalue weighted by atomic mass is 79.9. The van der Waals surface area contributed by atoms with E-state index in [1.54, 1.807) is 19.2 Å². The van der Waals surface area contributed by atoms with Gasteiger partial charge in [0.15, 0.2) is 5.11 Å². The molecule has 7 heteroatoms. The van der Waals surface area contributed by atoms with E-state index in [1.165, 1.54) is 0 Å². The highest BCUT2D eigenvalue weighted by molar-refractivity contribution is 9.10. The maximum atomic E-state index is 12.3. The molecule has 0 bridgehead atoms. The van der Waals surface area contributed by atoms with Crippen molar-refractivity contribution in [1.29, 1.82) is 0 Å². The van der Waals surface area contributed by atoms with E-state index in [-0.39, 0.29) is 17.1 Å². The summed E-state index contributed by atoms with van der Waals surface area (Å²) >= 11 is 8.40. The molecule has 1 rings (SSSR count). The van der Waals surface area contributed by atoms with Crippen molar-refractivity contribution < 1.29 is 14.3 Å². The number of amides is 1. The zero-order valence-corrected chi connectivity index (χ0v) is 14.6. The van der Waals surface area contributed by atoms with Crippen LogP contribution in [0.1, 0.15) is 24.2 Å². The highest BCUT2D eigenvalue weighted by Crippen LogP contribution is 2.24. The van der Waals surface area contributed by atoms with E-state index in [9.17, 15) is 4.79 Å². The summed E-state index contributed by atoms with van der Waals surface area (Å²) in [5.41, 5.74) is 0.425. The molecule has 0 saturated heterocycles. The quantitative estimate of drug-likeness (QED) is 0.591. The molecule has 21 heavy (non-hydrogen) atoms. The molecule has 0 radical (unpaired) electrons. The third kappa shape index (κ3) is 6.41. The Morgan fingerprint density at radius 3 is 2.76 bits per heavy atom. The molecule has 0 atom stereocenters. The summed E-state index contributed by atoms with van der Waals surface area (Å²) in [7, 11) is 1.60. The zero-order valence-electron chi connectivity index (χ0n) is 12.2. The number of hydrogen-bond donors (Lipinski definition) is 2. The van der Waals surface area contributed by atoms with Gasteiger partial charge in [0.25, 0.3) is 5.91 Å². The Labute approximate surface area is 138 Å². The van der Waals surface area contributed by atoms with Crippen molar-refractivity contribution in [3.05, 3.63) is 28.2 Å². The SMILES string of the molecule is COCCNC(=S)NC(=O)c1cc(Br)ccc1OC(C)C. The van der Waals surface area contributed by atoms with Crippen LogP contribution in [0.5, 0.6) is 5.75 Å². The Hall–Kier alpha value is -1.18. The van der Waals surface area contributed by atoms with Gasteiger partial charge < -0.3 is 14.8 Å². The normalized spacial score (nSPS) is 10.3. The van der Waals surface area contributed by atoms with E-state index >= 15 is 0 Å². The van der Waals surface area contributed by atoms with Crippen LogP contribution in [0.3, 0.4) is 0 Å². The lowest BCUT2D eigenvalue weighted by Crippen LogP contribution is -2.40. The molecule has 0 aliphatic heterocycles. The summed E-state index contributed by atoms with van der Waals surface area (Å²) < 4.78 is 11.3. The predicted molar refractivity (Wildman–Crippen MR) is 89.8 cm³/mol. The molecule has 0 saturated carbocycles. The second-order valence-corrected chi connectivity index (χ2v) is 5.83. The summed E-state index contributed by atoms with van der Waals surface area (Å²) in [5.74, 6) is 0.201. The van der Waals surface area contributed by atoms with Gasteiger partial charge in [-0.2, -0.15) is 0 Å². The number of halogens is 1. The molecular formula is C14H19BrN2O3S. The van der Waals surface area contributed by atoms with Crippen molar-refractivity contribution in [2.24, 2.45) is 0 Å². The van der Waals surface area contributed by atoms with Gasteiger partial charge in [-0.1, -0.05) is 15.9 Å². The van der Waals surface area contributed by atoms with Gasteiger partial charge in [0.05, 0.1) is 18.3 Å². The molecule has 0 aliphatic carbocycles. The first kappa shape index (κ1) is 17.9. The van der Waals surface area contributed by atoms with Crippen molar-refractivity contribution in [2.45, 2.75) is 20.0 Å². The van der Waals surface area contributed by atoms with Crippen molar-refractivity contribution in [3.8, 4) is 5.75 Å². The van der Waals surface area contributed by atoms with Crippen LogP contribution < -0.4 is 15.4 Å². The van der Waals surface area contributed by atoms with Gasteiger partial charge in [0.1, 0.15) is 5.75 Å². The van der Waals surface area contributed by atoms with Gasteiger partial charge in [-0.05, 0) is 44.3 Å². The average Bonchev–Trinajstić information content (AvgIpc) is 2.40. The Balaban J connectivity index is 2.76. The Bertz CT molecular complexity index is 509. The lowest BCUT2D eigenvalue weighted by molar-refractivity contribution is 0.0970. The Morgan fingerprint density at radius 2 is 2.14 bits per heavy atom. The first-order chi connectivity index (χ1) is 9.93. The van der Waals surface area contributed by atoms with Crippen LogP contribution in [0.2, 0.25) is 0 Å². The molecule has 0 spiro atoms. The molecule has 0 aromatic heterocycles. The van der Waals surface area contributed by atoms with Crippen molar-refractivity contribution in [3.63, 3.8) is 0 Å². The molecule has 0 heterocycles. The molecule has 5 nitrogen and oxygen atoms in total. The largest absolute Gasteiger partial charge is 0.490 e. The van der Waals surface area contributed by atoms with Crippen LogP contribution in [-0.2, 0) is 4.74 Å². The lowest BCUT2D eigenvalue weighted by atomic mass is 10.2. The number of benzene rings is 1. The summed E-state index contributed by atoms with van der Waals surface area (Å²) in [4.78, 5) is 12.3. The monoisotopic (exact) mass is 374 g/mol. The summed E-state index contributed by atoms with van der Waals surface area (Å²) in [6.07, 6.45) is -0.0236. The fourth-order valence-corrected chi connectivity index (χ4v) is 2.07. The smallest absolute Gasteiger partial charge is 0.261 e. The maximum Gasteiger partial charge on any atom is 0.261 e. The number of carbonyl (C=O) groups is 1. The molecule has 0 fully saturated rings. The second kappa shape index (κ2) is 8.96. The lowest BCUT2D eigenvalue weighted by Gasteiger charge is -2.15. The summed E-state index contributed by atoms with van der Waals surface area (Å²) in [6.45, 7) is 4.85. The second-order valence-electron chi connectivity index (χ2n) is 4.51. The van der Waals surface area contributed by atoms with Crippen molar-refractivity contribution >= 4 is 39.2 Å². The number of methoxy groups -OCH3 is 1. The fourth-order valence-electron chi connectivity index (χ4n) is 1.52. The Kier molecular flexibility index (Phi) is 7.63. The maximum absolute atomic E-state index is 12.3. The molecule has 116 valence electrons.